The van der Waals surface area contributed by atoms with Gasteiger partial charge in [-0.05, 0) is 48.9 Å². The molecule has 12 heavy (non-hydrogen) atoms. The first-order valence-corrected chi connectivity index (χ1v) is 5.27. The first-order valence-electron chi connectivity index (χ1n) is 5.27. The van der Waals surface area contributed by atoms with Crippen LogP contribution in [0, 0.1) is 23.2 Å². The zero-order chi connectivity index (χ0) is 8.77. The van der Waals surface area contributed by atoms with Gasteiger partial charge in [0.15, 0.2) is 0 Å². The predicted octanol–water partition coefficient (Wildman–Crippen LogP) is 2.44. The number of hydrogen-bond acceptors (Lipinski definition) is 1. The van der Waals surface area contributed by atoms with Crippen molar-refractivity contribution in [2.45, 2.75) is 39.5 Å². The largest absolute Gasteiger partial charge is 0.396 e. The summed E-state index contributed by atoms with van der Waals surface area (Å²) in [4.78, 5) is 0. The Labute approximate surface area is 75.2 Å². The lowest BCUT2D eigenvalue weighted by Crippen LogP contribution is -2.52. The van der Waals surface area contributed by atoms with Crippen molar-refractivity contribution in [3.63, 3.8) is 0 Å². The van der Waals surface area contributed by atoms with E-state index in [4.69, 9.17) is 5.11 Å². The molecule has 3 atom stereocenters. The molecule has 0 amide bonds. The summed E-state index contributed by atoms with van der Waals surface area (Å²) in [6.45, 7) is 5.21. The maximum atomic E-state index is 8.92. The highest BCUT2D eigenvalue weighted by atomic mass is 16.3. The van der Waals surface area contributed by atoms with E-state index in [0.29, 0.717) is 12.0 Å². The molecule has 70 valence electrons. The highest BCUT2D eigenvalue weighted by molar-refractivity contribution is 5.02. The molecule has 2 bridgehead atoms. The van der Waals surface area contributed by atoms with Crippen molar-refractivity contribution in [3.05, 3.63) is 0 Å². The Kier molecular flexibility index (Phi) is 1.95. The average molecular weight is 168 g/mol. The molecule has 0 aromatic rings. The zero-order valence-electron chi connectivity index (χ0n) is 8.21. The fourth-order valence-corrected chi connectivity index (χ4v) is 3.47. The molecule has 0 spiro atoms. The van der Waals surface area contributed by atoms with Crippen molar-refractivity contribution >= 4 is 0 Å². The van der Waals surface area contributed by atoms with Gasteiger partial charge >= 0.3 is 0 Å². The Bertz CT molecular complexity index is 170. The minimum Gasteiger partial charge on any atom is -0.396 e. The van der Waals surface area contributed by atoms with Crippen LogP contribution in [-0.4, -0.2) is 11.7 Å². The van der Waals surface area contributed by atoms with Crippen LogP contribution in [0.2, 0.25) is 0 Å². The van der Waals surface area contributed by atoms with Gasteiger partial charge in [-0.25, -0.2) is 0 Å². The van der Waals surface area contributed by atoms with Crippen LogP contribution >= 0.6 is 0 Å². The standard InChI is InChI=1S/C11H20O/c1-11(2)9-4-3-8(5-6-12)10(11)7-9/h8-10,12H,3-7H2,1-2H3/t8-,9-,10?/m1/s1. The minimum atomic E-state index is 0.391. The second-order valence-electron chi connectivity index (χ2n) is 5.21. The van der Waals surface area contributed by atoms with Gasteiger partial charge in [0.05, 0.1) is 0 Å². The molecule has 3 rings (SSSR count). The third-order valence-electron chi connectivity index (χ3n) is 4.50. The van der Waals surface area contributed by atoms with Gasteiger partial charge in [0.1, 0.15) is 0 Å². The number of hydrogen-bond donors (Lipinski definition) is 1. The van der Waals surface area contributed by atoms with Crippen molar-refractivity contribution in [2.24, 2.45) is 23.2 Å². The van der Waals surface area contributed by atoms with Crippen molar-refractivity contribution in [1.29, 1.82) is 0 Å². The lowest BCUT2D eigenvalue weighted by atomic mass is 9.45. The molecule has 1 N–H and O–H groups in total. The van der Waals surface area contributed by atoms with Crippen LogP contribution in [0.15, 0.2) is 0 Å². The Balaban J connectivity index is 2.01. The summed E-state index contributed by atoms with van der Waals surface area (Å²) in [5.74, 6) is 2.75. The Morgan fingerprint density at radius 3 is 2.58 bits per heavy atom. The molecule has 0 radical (unpaired) electrons. The number of aliphatic hydroxyl groups excluding tert-OH is 1. The van der Waals surface area contributed by atoms with Crippen molar-refractivity contribution < 1.29 is 5.11 Å². The first kappa shape index (κ1) is 8.55. The molecule has 3 aliphatic rings. The third kappa shape index (κ3) is 1.02. The van der Waals surface area contributed by atoms with Crippen molar-refractivity contribution in [1.82, 2.24) is 0 Å². The summed E-state index contributed by atoms with van der Waals surface area (Å²) < 4.78 is 0. The van der Waals surface area contributed by atoms with Gasteiger partial charge < -0.3 is 5.11 Å². The molecule has 0 aromatic heterocycles. The highest BCUT2D eigenvalue weighted by Gasteiger charge is 2.53. The minimum absolute atomic E-state index is 0.391. The molecule has 3 saturated carbocycles. The number of aliphatic hydroxyl groups is 1. The molecular formula is C11H20O. The molecule has 1 unspecified atom stereocenters. The molecule has 0 saturated heterocycles. The van der Waals surface area contributed by atoms with E-state index >= 15 is 0 Å². The van der Waals surface area contributed by atoms with Crippen molar-refractivity contribution in [3.8, 4) is 0 Å². The smallest absolute Gasteiger partial charge is 0.0433 e. The van der Waals surface area contributed by atoms with E-state index in [0.717, 1.165) is 24.2 Å². The number of rotatable bonds is 2. The second kappa shape index (κ2) is 2.73. The van der Waals surface area contributed by atoms with Gasteiger partial charge in [0.2, 0.25) is 0 Å². The summed E-state index contributed by atoms with van der Waals surface area (Å²) in [5.41, 5.74) is 0.595. The van der Waals surface area contributed by atoms with Gasteiger partial charge in [0, 0.05) is 6.61 Å². The van der Waals surface area contributed by atoms with Crippen LogP contribution < -0.4 is 0 Å². The highest BCUT2D eigenvalue weighted by Crippen LogP contribution is 2.61. The Morgan fingerprint density at radius 2 is 2.08 bits per heavy atom. The predicted molar refractivity (Wildman–Crippen MR) is 49.8 cm³/mol. The summed E-state index contributed by atoms with van der Waals surface area (Å²) in [7, 11) is 0. The van der Waals surface area contributed by atoms with Crippen LogP contribution in [0.4, 0.5) is 0 Å². The molecule has 3 aliphatic carbocycles. The molecule has 0 aromatic carbocycles. The van der Waals surface area contributed by atoms with E-state index in [1.165, 1.54) is 19.3 Å². The first-order chi connectivity index (χ1) is 5.66. The zero-order valence-corrected chi connectivity index (χ0v) is 8.21. The van der Waals surface area contributed by atoms with E-state index in [-0.39, 0.29) is 0 Å². The normalized spacial score (nSPS) is 43.8. The van der Waals surface area contributed by atoms with Gasteiger partial charge in [-0.1, -0.05) is 13.8 Å². The Hall–Kier alpha value is -0.0400. The van der Waals surface area contributed by atoms with Crippen LogP contribution in [0.3, 0.4) is 0 Å². The molecule has 3 fully saturated rings. The van der Waals surface area contributed by atoms with E-state index < -0.39 is 0 Å². The summed E-state index contributed by atoms with van der Waals surface area (Å²) in [6, 6.07) is 0. The van der Waals surface area contributed by atoms with Gasteiger partial charge in [-0.15, -0.1) is 0 Å². The van der Waals surface area contributed by atoms with E-state index in [1.807, 2.05) is 0 Å². The Morgan fingerprint density at radius 1 is 1.33 bits per heavy atom. The van der Waals surface area contributed by atoms with Crippen LogP contribution in [-0.2, 0) is 0 Å². The monoisotopic (exact) mass is 168 g/mol. The fourth-order valence-electron chi connectivity index (χ4n) is 3.47. The second-order valence-corrected chi connectivity index (χ2v) is 5.21. The van der Waals surface area contributed by atoms with Crippen LogP contribution in [0.1, 0.15) is 39.5 Å². The van der Waals surface area contributed by atoms with Gasteiger partial charge in [-0.2, -0.15) is 0 Å². The lowest BCUT2D eigenvalue weighted by molar-refractivity contribution is -0.109. The molecule has 1 heteroatoms. The van der Waals surface area contributed by atoms with Crippen LogP contribution in [0.5, 0.6) is 0 Å². The van der Waals surface area contributed by atoms with E-state index in [2.05, 4.69) is 13.8 Å². The molecule has 1 nitrogen and oxygen atoms in total. The third-order valence-corrected chi connectivity index (χ3v) is 4.50. The van der Waals surface area contributed by atoms with E-state index in [9.17, 15) is 0 Å². The van der Waals surface area contributed by atoms with Crippen molar-refractivity contribution in [2.75, 3.05) is 6.61 Å². The summed E-state index contributed by atoms with van der Waals surface area (Å²) in [5, 5.41) is 8.92. The van der Waals surface area contributed by atoms with E-state index in [1.54, 1.807) is 0 Å². The maximum Gasteiger partial charge on any atom is 0.0433 e. The van der Waals surface area contributed by atoms with Crippen LogP contribution in [0.25, 0.3) is 0 Å². The lowest BCUT2D eigenvalue weighted by Gasteiger charge is -2.60. The maximum absolute atomic E-state index is 8.92. The SMILES string of the molecule is CC1(C)C2C[C@H]1CC[C@@H]2CCO. The quantitative estimate of drug-likeness (QED) is 0.671. The summed E-state index contributed by atoms with van der Waals surface area (Å²) in [6.07, 6.45) is 5.27. The molecule has 0 heterocycles. The van der Waals surface area contributed by atoms with Gasteiger partial charge in [0.25, 0.3) is 0 Å². The fraction of sp³-hybridized carbons (Fsp3) is 1.00. The average Bonchev–Trinajstić information content (AvgIpc) is 2.05. The topological polar surface area (TPSA) is 20.2 Å². The molecular weight excluding hydrogens is 148 g/mol. The number of fused-ring (bicyclic) bond motifs is 2. The molecule has 0 aliphatic heterocycles. The summed E-state index contributed by atoms with van der Waals surface area (Å²) >= 11 is 0. The van der Waals surface area contributed by atoms with Gasteiger partial charge in [-0.3, -0.25) is 0 Å².